The molecule has 156 valence electrons. The fraction of sp³-hybridized carbons (Fsp3) is 0.450. The Kier molecular flexibility index (Phi) is 11.8. The van der Waals surface area contributed by atoms with Crippen molar-refractivity contribution in [3.8, 4) is 0 Å². The first-order chi connectivity index (χ1) is 13.1. The summed E-state index contributed by atoms with van der Waals surface area (Å²) in [5.41, 5.74) is 1.70. The van der Waals surface area contributed by atoms with E-state index in [1.165, 1.54) is 6.07 Å². The summed E-state index contributed by atoms with van der Waals surface area (Å²) in [6.07, 6.45) is 2.49. The van der Waals surface area contributed by atoms with Gasteiger partial charge in [0, 0.05) is 38.9 Å². The van der Waals surface area contributed by atoms with E-state index in [0.29, 0.717) is 37.8 Å². The highest BCUT2D eigenvalue weighted by Crippen LogP contribution is 2.12. The van der Waals surface area contributed by atoms with Gasteiger partial charge in [-0.25, -0.2) is 4.39 Å². The number of rotatable bonds is 10. The van der Waals surface area contributed by atoms with Crippen molar-refractivity contribution in [3.05, 3.63) is 59.3 Å². The van der Waals surface area contributed by atoms with Crippen LogP contribution in [0.5, 0.6) is 0 Å². The summed E-state index contributed by atoms with van der Waals surface area (Å²) in [6, 6.07) is 8.93. The molecule has 2 rings (SSSR count). The molecule has 0 aliphatic heterocycles. The lowest BCUT2D eigenvalue weighted by molar-refractivity contribution is 0.105. The molecule has 6 nitrogen and oxygen atoms in total. The summed E-state index contributed by atoms with van der Waals surface area (Å²) < 4.78 is 24.6. The molecule has 2 aromatic rings. The van der Waals surface area contributed by atoms with Crippen molar-refractivity contribution in [1.82, 2.24) is 15.5 Å². The van der Waals surface area contributed by atoms with Crippen LogP contribution in [0.1, 0.15) is 23.3 Å². The lowest BCUT2D eigenvalue weighted by Crippen LogP contribution is -2.37. The third kappa shape index (κ3) is 9.03. The molecule has 0 unspecified atom stereocenters. The van der Waals surface area contributed by atoms with Gasteiger partial charge in [0.05, 0.1) is 6.26 Å². The maximum Gasteiger partial charge on any atom is 0.191 e. The molecular weight excluding hydrogens is 474 g/mol. The molecule has 0 amide bonds. The quantitative estimate of drug-likeness (QED) is 0.225. The summed E-state index contributed by atoms with van der Waals surface area (Å²) >= 11 is 0. The summed E-state index contributed by atoms with van der Waals surface area (Å²) in [6.45, 7) is 3.02. The van der Waals surface area contributed by atoms with E-state index in [9.17, 15) is 4.39 Å². The Labute approximate surface area is 183 Å². The van der Waals surface area contributed by atoms with Gasteiger partial charge in [-0.2, -0.15) is 0 Å². The molecule has 0 atom stereocenters. The lowest BCUT2D eigenvalue weighted by Gasteiger charge is -2.14. The largest absolute Gasteiger partial charge is 0.467 e. The van der Waals surface area contributed by atoms with Crippen molar-refractivity contribution in [3.63, 3.8) is 0 Å². The number of nitrogens with zero attached hydrogens (tertiary/aromatic N) is 2. The van der Waals surface area contributed by atoms with E-state index in [1.54, 1.807) is 19.4 Å². The molecule has 1 aromatic carbocycles. The van der Waals surface area contributed by atoms with E-state index >= 15 is 0 Å². The van der Waals surface area contributed by atoms with Crippen LogP contribution in [0.15, 0.2) is 46.0 Å². The Morgan fingerprint density at radius 2 is 2.07 bits per heavy atom. The predicted molar refractivity (Wildman–Crippen MR) is 120 cm³/mol. The van der Waals surface area contributed by atoms with Crippen LogP contribution >= 0.6 is 24.0 Å². The number of hydrogen-bond donors (Lipinski definition) is 2. The van der Waals surface area contributed by atoms with Crippen molar-refractivity contribution >= 4 is 29.9 Å². The Bertz CT molecular complexity index is 708. The number of halogens is 2. The molecule has 1 heterocycles. The minimum absolute atomic E-state index is 0. The van der Waals surface area contributed by atoms with Gasteiger partial charge in [-0.1, -0.05) is 6.07 Å². The lowest BCUT2D eigenvalue weighted by atomic mass is 10.1. The number of ether oxygens (including phenoxy) is 1. The average molecular weight is 504 g/mol. The van der Waals surface area contributed by atoms with Gasteiger partial charge in [-0.05, 0) is 50.3 Å². The minimum atomic E-state index is -0.176. The average Bonchev–Trinajstić information content (AvgIpc) is 3.16. The smallest absolute Gasteiger partial charge is 0.191 e. The van der Waals surface area contributed by atoms with E-state index in [0.717, 1.165) is 24.3 Å². The van der Waals surface area contributed by atoms with Crippen LogP contribution in [-0.2, 0) is 24.4 Å². The molecule has 28 heavy (non-hydrogen) atoms. The van der Waals surface area contributed by atoms with Crippen molar-refractivity contribution in [2.75, 3.05) is 34.3 Å². The van der Waals surface area contributed by atoms with Gasteiger partial charge in [0.15, 0.2) is 5.96 Å². The monoisotopic (exact) mass is 504 g/mol. The first-order valence-corrected chi connectivity index (χ1v) is 9.05. The third-order valence-electron chi connectivity index (χ3n) is 3.86. The van der Waals surface area contributed by atoms with Crippen LogP contribution in [0.4, 0.5) is 4.39 Å². The zero-order chi connectivity index (χ0) is 19.5. The minimum Gasteiger partial charge on any atom is -0.467 e. The number of benzene rings is 1. The van der Waals surface area contributed by atoms with Gasteiger partial charge in [0.2, 0.25) is 0 Å². The molecule has 2 N–H and O–H groups in total. The highest BCUT2D eigenvalue weighted by Gasteiger charge is 2.06. The number of guanidine groups is 1. The van der Waals surface area contributed by atoms with E-state index in [-0.39, 0.29) is 29.8 Å². The zero-order valence-electron chi connectivity index (χ0n) is 16.7. The first kappa shape index (κ1) is 24.4. The van der Waals surface area contributed by atoms with Crippen molar-refractivity contribution in [2.45, 2.75) is 26.1 Å². The van der Waals surface area contributed by atoms with Gasteiger partial charge in [-0.15, -0.1) is 24.0 Å². The van der Waals surface area contributed by atoms with Gasteiger partial charge in [0.25, 0.3) is 0 Å². The molecular formula is C20H30FIN4O2. The van der Waals surface area contributed by atoms with E-state index in [4.69, 9.17) is 9.15 Å². The second-order valence-electron chi connectivity index (χ2n) is 6.50. The van der Waals surface area contributed by atoms with Crippen molar-refractivity contribution in [1.29, 1.82) is 0 Å². The van der Waals surface area contributed by atoms with E-state index < -0.39 is 0 Å². The van der Waals surface area contributed by atoms with Gasteiger partial charge in [-0.3, -0.25) is 4.99 Å². The summed E-state index contributed by atoms with van der Waals surface area (Å²) in [5.74, 6) is 1.36. The molecule has 8 heteroatoms. The highest BCUT2D eigenvalue weighted by molar-refractivity contribution is 14.0. The number of furan rings is 1. The maximum absolute atomic E-state index is 13.9. The van der Waals surface area contributed by atoms with Crippen LogP contribution in [0, 0.1) is 5.82 Å². The molecule has 0 radical (unpaired) electrons. The second-order valence-corrected chi connectivity index (χ2v) is 6.50. The molecule has 0 fully saturated rings. The highest BCUT2D eigenvalue weighted by atomic mass is 127. The van der Waals surface area contributed by atoms with Crippen LogP contribution in [-0.4, -0.2) is 45.2 Å². The Morgan fingerprint density at radius 3 is 2.75 bits per heavy atom. The van der Waals surface area contributed by atoms with Crippen molar-refractivity contribution < 1.29 is 13.5 Å². The molecule has 0 saturated heterocycles. The zero-order valence-corrected chi connectivity index (χ0v) is 19.0. The molecule has 0 bridgehead atoms. The van der Waals surface area contributed by atoms with Crippen LogP contribution < -0.4 is 10.6 Å². The fourth-order valence-corrected chi connectivity index (χ4v) is 2.55. The van der Waals surface area contributed by atoms with E-state index in [1.807, 2.05) is 37.2 Å². The maximum atomic E-state index is 13.9. The SMILES string of the molecule is CN=C(NCCCOCc1ccco1)NCc1ccc(F)c(CN(C)C)c1.I. The Hall–Kier alpha value is -1.65. The predicted octanol–water partition coefficient (Wildman–Crippen LogP) is 3.37. The number of aliphatic imine (C=N–C) groups is 1. The summed E-state index contributed by atoms with van der Waals surface area (Å²) in [4.78, 5) is 6.15. The van der Waals surface area contributed by atoms with E-state index in [2.05, 4.69) is 15.6 Å². The Morgan fingerprint density at radius 1 is 1.25 bits per heavy atom. The van der Waals surface area contributed by atoms with Crippen LogP contribution in [0.2, 0.25) is 0 Å². The first-order valence-electron chi connectivity index (χ1n) is 9.05. The van der Waals surface area contributed by atoms with Gasteiger partial charge in [0.1, 0.15) is 18.2 Å². The topological polar surface area (TPSA) is 62.0 Å². The van der Waals surface area contributed by atoms with Crippen molar-refractivity contribution in [2.24, 2.45) is 4.99 Å². The molecule has 0 aliphatic rings. The third-order valence-corrected chi connectivity index (χ3v) is 3.86. The second kappa shape index (κ2) is 13.5. The standard InChI is InChI=1S/C20H29FN4O2.HI/c1-22-20(23-9-5-10-26-15-18-6-4-11-27-18)24-13-16-7-8-19(21)17(12-16)14-25(2)3;/h4,6-8,11-12H,5,9-10,13-15H2,1-3H3,(H2,22,23,24);1H. The molecule has 0 spiro atoms. The van der Waals surface area contributed by atoms with Crippen LogP contribution in [0.25, 0.3) is 0 Å². The summed E-state index contributed by atoms with van der Waals surface area (Å²) in [5, 5.41) is 6.49. The van der Waals surface area contributed by atoms with Crippen LogP contribution in [0.3, 0.4) is 0 Å². The number of hydrogen-bond acceptors (Lipinski definition) is 4. The molecule has 0 saturated carbocycles. The van der Waals surface area contributed by atoms with Gasteiger partial charge < -0.3 is 24.7 Å². The molecule has 0 aliphatic carbocycles. The fourth-order valence-electron chi connectivity index (χ4n) is 2.55. The van der Waals surface area contributed by atoms with Gasteiger partial charge >= 0.3 is 0 Å². The Balaban J connectivity index is 0.00000392. The normalized spacial score (nSPS) is 11.4. The molecule has 1 aromatic heterocycles. The summed E-state index contributed by atoms with van der Waals surface area (Å²) in [7, 11) is 5.58. The number of nitrogens with one attached hydrogen (secondary N) is 2.